The quantitative estimate of drug-likeness (QED) is 0.600. The maximum absolute atomic E-state index is 10.9. The predicted molar refractivity (Wildman–Crippen MR) is 54.5 cm³/mol. The summed E-state index contributed by atoms with van der Waals surface area (Å²) in [5.74, 6) is -0.426. The zero-order valence-electron chi connectivity index (χ0n) is 8.46. The SMILES string of the molecule is CC(=O)N=c1sc(S(N)(=O)=O)nn1C.[Na]. The molecule has 1 heterocycles. The molecule has 1 radical (unpaired) electrons. The predicted octanol–water partition coefficient (Wildman–Crippen LogP) is -1.80. The first-order valence-electron chi connectivity index (χ1n) is 3.43. The third kappa shape index (κ3) is 4.13. The minimum atomic E-state index is -3.83. The molecule has 0 aliphatic heterocycles. The molecule has 1 rings (SSSR count). The second kappa shape index (κ2) is 5.32. The Morgan fingerprint density at radius 1 is 1.60 bits per heavy atom. The number of hydrogen-bond donors (Lipinski definition) is 1. The smallest absolute Gasteiger partial charge is 0.267 e. The van der Waals surface area contributed by atoms with Crippen LogP contribution in [0, 0.1) is 0 Å². The van der Waals surface area contributed by atoms with E-state index in [9.17, 15) is 13.2 Å². The number of nitrogens with zero attached hydrogens (tertiary/aromatic N) is 3. The molecule has 0 aliphatic carbocycles. The summed E-state index contributed by atoms with van der Waals surface area (Å²) in [5.41, 5.74) is 0. The molecule has 7 nitrogen and oxygen atoms in total. The summed E-state index contributed by atoms with van der Waals surface area (Å²) in [6.45, 7) is 1.26. The number of carbonyl (C=O) groups is 1. The Bertz CT molecular complexity index is 529. The third-order valence-corrected chi connectivity index (χ3v) is 3.49. The molecule has 0 aromatic carbocycles. The van der Waals surface area contributed by atoms with Crippen LogP contribution in [0.3, 0.4) is 0 Å². The Balaban J connectivity index is 0.00000196. The monoisotopic (exact) mass is 259 g/mol. The Kier molecular flexibility index (Phi) is 5.30. The summed E-state index contributed by atoms with van der Waals surface area (Å²) in [6.07, 6.45) is 0. The Morgan fingerprint density at radius 2 is 2.13 bits per heavy atom. The number of rotatable bonds is 1. The molecule has 0 atom stereocenters. The van der Waals surface area contributed by atoms with Crippen molar-refractivity contribution >= 4 is 56.8 Å². The fraction of sp³-hybridized carbons (Fsp3) is 0.400. The zero-order valence-corrected chi connectivity index (χ0v) is 12.1. The fourth-order valence-electron chi connectivity index (χ4n) is 0.675. The average molecular weight is 259 g/mol. The van der Waals surface area contributed by atoms with Crippen LogP contribution in [0.4, 0.5) is 0 Å². The maximum Gasteiger partial charge on any atom is 0.267 e. The van der Waals surface area contributed by atoms with Gasteiger partial charge in [-0.3, -0.25) is 4.79 Å². The van der Waals surface area contributed by atoms with E-state index in [1.54, 1.807) is 0 Å². The summed E-state index contributed by atoms with van der Waals surface area (Å²) in [6, 6.07) is 0. The van der Waals surface area contributed by atoms with Crippen LogP contribution in [-0.4, -0.2) is 53.7 Å². The van der Waals surface area contributed by atoms with Gasteiger partial charge < -0.3 is 0 Å². The van der Waals surface area contributed by atoms with Crippen LogP contribution in [0.2, 0.25) is 0 Å². The van der Waals surface area contributed by atoms with Crippen molar-refractivity contribution in [2.24, 2.45) is 17.2 Å². The van der Waals surface area contributed by atoms with Gasteiger partial charge in [-0.2, -0.15) is 4.99 Å². The molecule has 0 fully saturated rings. The summed E-state index contributed by atoms with van der Waals surface area (Å²) < 4.78 is 22.7. The molecular formula is C5H8N4NaO3S2. The molecule has 15 heavy (non-hydrogen) atoms. The van der Waals surface area contributed by atoms with E-state index >= 15 is 0 Å². The van der Waals surface area contributed by atoms with Crippen LogP contribution in [0.1, 0.15) is 6.92 Å². The van der Waals surface area contributed by atoms with Crippen molar-refractivity contribution in [3.8, 4) is 0 Å². The molecule has 0 aliphatic rings. The van der Waals surface area contributed by atoms with Crippen molar-refractivity contribution < 1.29 is 13.2 Å². The molecule has 79 valence electrons. The topological polar surface area (TPSA) is 107 Å². The standard InChI is InChI=1S/C5H8N4O3S2.Na/c1-3(10)7-4-9(2)8-5(13-4)14(6,11)12;/h1-2H3,(H2,6,11,12);. The molecule has 10 heteroatoms. The summed E-state index contributed by atoms with van der Waals surface area (Å²) in [7, 11) is -2.35. The van der Waals surface area contributed by atoms with Gasteiger partial charge in [0.1, 0.15) is 0 Å². The van der Waals surface area contributed by atoms with Crippen molar-refractivity contribution in [1.82, 2.24) is 9.78 Å². The Labute approximate surface area is 112 Å². The number of primary sulfonamides is 1. The van der Waals surface area contributed by atoms with Crippen molar-refractivity contribution in [2.75, 3.05) is 0 Å². The van der Waals surface area contributed by atoms with Crippen molar-refractivity contribution in [3.05, 3.63) is 4.80 Å². The molecule has 0 spiro atoms. The zero-order chi connectivity index (χ0) is 10.9. The van der Waals surface area contributed by atoms with Crippen molar-refractivity contribution in [1.29, 1.82) is 0 Å². The fourth-order valence-corrected chi connectivity index (χ4v) is 2.27. The first-order valence-corrected chi connectivity index (χ1v) is 5.79. The van der Waals surface area contributed by atoms with Crippen LogP contribution >= 0.6 is 11.3 Å². The van der Waals surface area contributed by atoms with E-state index in [0.29, 0.717) is 0 Å². The average Bonchev–Trinajstić information content (AvgIpc) is 2.30. The van der Waals surface area contributed by atoms with Gasteiger partial charge >= 0.3 is 0 Å². The van der Waals surface area contributed by atoms with Gasteiger partial charge in [-0.25, -0.2) is 18.2 Å². The van der Waals surface area contributed by atoms with Crippen LogP contribution in [-0.2, 0) is 21.9 Å². The van der Waals surface area contributed by atoms with Crippen molar-refractivity contribution in [2.45, 2.75) is 11.3 Å². The van der Waals surface area contributed by atoms with E-state index in [4.69, 9.17) is 5.14 Å². The second-order valence-corrected chi connectivity index (χ2v) is 5.14. The van der Waals surface area contributed by atoms with E-state index in [1.165, 1.54) is 18.7 Å². The van der Waals surface area contributed by atoms with Gasteiger partial charge in [-0.05, 0) is 0 Å². The maximum atomic E-state index is 10.9. The molecule has 1 amide bonds. The van der Waals surface area contributed by atoms with E-state index in [-0.39, 0.29) is 38.7 Å². The number of hydrogen-bond acceptors (Lipinski definition) is 5. The number of sulfonamides is 1. The van der Waals surface area contributed by atoms with E-state index in [1.807, 2.05) is 0 Å². The third-order valence-electron chi connectivity index (χ3n) is 1.18. The molecule has 1 aromatic rings. The molecule has 1 aromatic heterocycles. The van der Waals surface area contributed by atoms with Gasteiger partial charge in [-0.1, -0.05) is 11.3 Å². The van der Waals surface area contributed by atoms with Crippen LogP contribution in [0.15, 0.2) is 9.33 Å². The van der Waals surface area contributed by atoms with E-state index < -0.39 is 15.9 Å². The molecule has 0 bridgehead atoms. The number of amides is 1. The Morgan fingerprint density at radius 3 is 2.47 bits per heavy atom. The van der Waals surface area contributed by atoms with Gasteiger partial charge in [0.05, 0.1) is 0 Å². The van der Waals surface area contributed by atoms with E-state index in [2.05, 4.69) is 10.1 Å². The summed E-state index contributed by atoms with van der Waals surface area (Å²) in [5, 5.41) is 8.46. The molecule has 0 unspecified atom stereocenters. The normalized spacial score (nSPS) is 12.3. The van der Waals surface area contributed by atoms with E-state index in [0.717, 1.165) is 11.3 Å². The van der Waals surface area contributed by atoms with Crippen molar-refractivity contribution in [3.63, 3.8) is 0 Å². The van der Waals surface area contributed by atoms with Gasteiger partial charge in [0.2, 0.25) is 15.0 Å². The van der Waals surface area contributed by atoms with Crippen LogP contribution in [0.25, 0.3) is 0 Å². The first kappa shape index (κ1) is 14.9. The molecule has 2 N–H and O–H groups in total. The van der Waals surface area contributed by atoms with Gasteiger partial charge in [0, 0.05) is 43.5 Å². The van der Waals surface area contributed by atoms with Crippen LogP contribution < -0.4 is 9.94 Å². The van der Waals surface area contributed by atoms with Crippen LogP contribution in [0.5, 0.6) is 0 Å². The summed E-state index contributed by atoms with van der Waals surface area (Å²) in [4.78, 5) is 14.4. The number of aryl methyl sites for hydroxylation is 1. The van der Waals surface area contributed by atoms with Gasteiger partial charge in [0.15, 0.2) is 0 Å². The van der Waals surface area contributed by atoms with Gasteiger partial charge in [0.25, 0.3) is 10.0 Å². The second-order valence-electron chi connectivity index (χ2n) is 2.45. The van der Waals surface area contributed by atoms with Gasteiger partial charge in [-0.15, -0.1) is 5.10 Å². The largest absolute Gasteiger partial charge is 0.273 e. The number of carbonyl (C=O) groups excluding carboxylic acids is 1. The molecular weight excluding hydrogens is 251 g/mol. The Hall–Kier alpha value is -0.0600. The summed E-state index contributed by atoms with van der Waals surface area (Å²) >= 11 is 0.746. The molecule has 0 saturated heterocycles. The molecule has 0 saturated carbocycles. The minimum absolute atomic E-state index is 0. The number of nitrogens with two attached hydrogens (primary N) is 1. The first-order chi connectivity index (χ1) is 6.30. The minimum Gasteiger partial charge on any atom is -0.273 e. The number of aromatic nitrogens is 2.